The number of para-hydroxylation sites is 2. The molecule has 1 amide bonds. The Bertz CT molecular complexity index is 1140. The van der Waals surface area contributed by atoms with Crippen molar-refractivity contribution in [3.05, 3.63) is 94.7 Å². The summed E-state index contributed by atoms with van der Waals surface area (Å²) in [4.78, 5) is 17.6. The third kappa shape index (κ3) is 3.59. The lowest BCUT2D eigenvalue weighted by Gasteiger charge is -2.11. The van der Waals surface area contributed by atoms with Crippen molar-refractivity contribution in [1.29, 1.82) is 0 Å². The van der Waals surface area contributed by atoms with Gasteiger partial charge in [-0.05, 0) is 36.4 Å². The zero-order chi connectivity index (χ0) is 18.8. The first-order valence-corrected chi connectivity index (χ1v) is 9.13. The summed E-state index contributed by atoms with van der Waals surface area (Å²) in [6.07, 6.45) is 0. The molecular formula is C22H14BrFN2O. The molecule has 0 aliphatic heterocycles. The van der Waals surface area contributed by atoms with E-state index in [0.29, 0.717) is 22.2 Å². The summed E-state index contributed by atoms with van der Waals surface area (Å²) in [7, 11) is 0. The van der Waals surface area contributed by atoms with E-state index in [4.69, 9.17) is 0 Å². The van der Waals surface area contributed by atoms with E-state index in [-0.39, 0.29) is 11.6 Å². The van der Waals surface area contributed by atoms with Crippen LogP contribution in [0.3, 0.4) is 0 Å². The molecule has 0 aliphatic carbocycles. The fourth-order valence-corrected chi connectivity index (χ4v) is 3.15. The van der Waals surface area contributed by atoms with Gasteiger partial charge in [-0.3, -0.25) is 4.79 Å². The first kappa shape index (κ1) is 17.4. The highest BCUT2D eigenvalue weighted by atomic mass is 79.9. The molecule has 3 nitrogen and oxygen atoms in total. The third-order valence-corrected chi connectivity index (χ3v) is 4.75. The van der Waals surface area contributed by atoms with Gasteiger partial charge >= 0.3 is 0 Å². The summed E-state index contributed by atoms with van der Waals surface area (Å²) in [5.74, 6) is -0.852. The average molecular weight is 421 g/mol. The standard InChI is InChI=1S/C22H14BrFN2O/c23-15-11-9-14(10-12-15)21-13-17(16-5-1-3-7-19(16)25-21)22(27)26-20-8-4-2-6-18(20)24/h1-13H,(H,26,27). The Balaban J connectivity index is 1.82. The number of amides is 1. The Kier molecular flexibility index (Phi) is 4.69. The van der Waals surface area contributed by atoms with Gasteiger partial charge in [-0.15, -0.1) is 0 Å². The van der Waals surface area contributed by atoms with Crippen LogP contribution in [0.4, 0.5) is 10.1 Å². The largest absolute Gasteiger partial charge is 0.319 e. The maximum Gasteiger partial charge on any atom is 0.256 e. The topological polar surface area (TPSA) is 42.0 Å². The molecule has 0 unspecified atom stereocenters. The van der Waals surface area contributed by atoms with Crippen molar-refractivity contribution in [2.75, 3.05) is 5.32 Å². The number of benzene rings is 3. The number of carbonyl (C=O) groups is 1. The second-order valence-corrected chi connectivity index (χ2v) is 6.93. The van der Waals surface area contributed by atoms with Crippen molar-refractivity contribution in [3.63, 3.8) is 0 Å². The predicted octanol–water partition coefficient (Wildman–Crippen LogP) is 6.06. The fourth-order valence-electron chi connectivity index (χ4n) is 2.88. The third-order valence-electron chi connectivity index (χ3n) is 4.22. The molecular weight excluding hydrogens is 407 g/mol. The minimum Gasteiger partial charge on any atom is -0.319 e. The van der Waals surface area contributed by atoms with Crippen molar-refractivity contribution >= 4 is 38.4 Å². The second kappa shape index (κ2) is 7.29. The number of hydrogen-bond acceptors (Lipinski definition) is 2. The molecule has 4 aromatic rings. The number of hydrogen-bond donors (Lipinski definition) is 1. The Morgan fingerprint density at radius 2 is 1.63 bits per heavy atom. The number of anilines is 1. The molecule has 0 atom stereocenters. The van der Waals surface area contributed by atoms with Gasteiger partial charge in [-0.1, -0.05) is 58.4 Å². The van der Waals surface area contributed by atoms with Crippen molar-refractivity contribution in [3.8, 4) is 11.3 Å². The average Bonchev–Trinajstić information content (AvgIpc) is 2.69. The Labute approximate surface area is 164 Å². The molecule has 0 spiro atoms. The predicted molar refractivity (Wildman–Crippen MR) is 109 cm³/mol. The number of halogens is 2. The van der Waals surface area contributed by atoms with Crippen LogP contribution >= 0.6 is 15.9 Å². The summed E-state index contributed by atoms with van der Waals surface area (Å²) >= 11 is 3.42. The number of pyridine rings is 1. The molecule has 1 heterocycles. The van der Waals surface area contributed by atoms with Gasteiger partial charge in [0.05, 0.1) is 22.5 Å². The van der Waals surface area contributed by atoms with Crippen LogP contribution in [-0.2, 0) is 0 Å². The lowest BCUT2D eigenvalue weighted by Crippen LogP contribution is -2.14. The quantitative estimate of drug-likeness (QED) is 0.437. The number of carbonyl (C=O) groups excluding carboxylic acids is 1. The minimum absolute atomic E-state index is 0.147. The van der Waals surface area contributed by atoms with Gasteiger partial charge in [0.2, 0.25) is 0 Å². The zero-order valence-corrected chi connectivity index (χ0v) is 15.7. The molecule has 3 aromatic carbocycles. The van der Waals surface area contributed by atoms with Crippen LogP contribution in [-0.4, -0.2) is 10.9 Å². The number of aromatic nitrogens is 1. The van der Waals surface area contributed by atoms with E-state index in [1.807, 2.05) is 48.5 Å². The van der Waals surface area contributed by atoms with Gasteiger partial charge in [-0.2, -0.15) is 0 Å². The first-order valence-electron chi connectivity index (χ1n) is 8.33. The number of rotatable bonds is 3. The maximum atomic E-state index is 13.9. The van der Waals surface area contributed by atoms with Crippen LogP contribution in [0.2, 0.25) is 0 Å². The maximum absolute atomic E-state index is 13.9. The molecule has 0 saturated carbocycles. The molecule has 27 heavy (non-hydrogen) atoms. The first-order chi connectivity index (χ1) is 13.1. The highest BCUT2D eigenvalue weighted by Gasteiger charge is 2.15. The molecule has 132 valence electrons. The lowest BCUT2D eigenvalue weighted by atomic mass is 10.0. The molecule has 0 bridgehead atoms. The fraction of sp³-hybridized carbons (Fsp3) is 0. The van der Waals surface area contributed by atoms with E-state index >= 15 is 0 Å². The smallest absolute Gasteiger partial charge is 0.256 e. The zero-order valence-electron chi connectivity index (χ0n) is 14.1. The summed E-state index contributed by atoms with van der Waals surface area (Å²) in [5, 5.41) is 3.37. The van der Waals surface area contributed by atoms with Crippen LogP contribution in [0.25, 0.3) is 22.2 Å². The van der Waals surface area contributed by atoms with Gasteiger partial charge in [0, 0.05) is 15.4 Å². The summed E-state index contributed by atoms with van der Waals surface area (Å²) in [5.41, 5.74) is 2.87. The SMILES string of the molecule is O=C(Nc1ccccc1F)c1cc(-c2ccc(Br)cc2)nc2ccccc12. The monoisotopic (exact) mass is 420 g/mol. The van der Waals surface area contributed by atoms with Gasteiger partial charge in [0.25, 0.3) is 5.91 Å². The van der Waals surface area contributed by atoms with Gasteiger partial charge in [-0.25, -0.2) is 9.37 Å². The van der Waals surface area contributed by atoms with Gasteiger partial charge in [0.15, 0.2) is 0 Å². The van der Waals surface area contributed by atoms with E-state index in [0.717, 1.165) is 10.0 Å². The molecule has 4 rings (SSSR count). The highest BCUT2D eigenvalue weighted by Crippen LogP contribution is 2.27. The van der Waals surface area contributed by atoms with Crippen LogP contribution < -0.4 is 5.32 Å². The minimum atomic E-state index is -0.475. The van der Waals surface area contributed by atoms with E-state index in [1.165, 1.54) is 12.1 Å². The van der Waals surface area contributed by atoms with Gasteiger partial charge < -0.3 is 5.32 Å². The molecule has 5 heteroatoms. The summed E-state index contributed by atoms with van der Waals surface area (Å²) < 4.78 is 14.9. The molecule has 1 N–H and O–H groups in total. The second-order valence-electron chi connectivity index (χ2n) is 6.01. The van der Waals surface area contributed by atoms with Crippen LogP contribution in [0.5, 0.6) is 0 Å². The number of nitrogens with one attached hydrogen (secondary N) is 1. The Morgan fingerprint density at radius 3 is 2.41 bits per heavy atom. The molecule has 0 fully saturated rings. The summed E-state index contributed by atoms with van der Waals surface area (Å²) in [6.45, 7) is 0. The van der Waals surface area contributed by atoms with E-state index < -0.39 is 5.82 Å². The van der Waals surface area contributed by atoms with Crippen LogP contribution in [0.15, 0.2) is 83.3 Å². The lowest BCUT2D eigenvalue weighted by molar-refractivity contribution is 0.102. The molecule has 0 saturated heterocycles. The van der Waals surface area contributed by atoms with Crippen molar-refractivity contribution in [2.45, 2.75) is 0 Å². The highest BCUT2D eigenvalue weighted by molar-refractivity contribution is 9.10. The molecule has 0 aliphatic rings. The normalized spacial score (nSPS) is 10.7. The van der Waals surface area contributed by atoms with Crippen LogP contribution in [0.1, 0.15) is 10.4 Å². The van der Waals surface area contributed by atoms with E-state index in [2.05, 4.69) is 26.2 Å². The van der Waals surface area contributed by atoms with E-state index in [9.17, 15) is 9.18 Å². The molecule has 1 aromatic heterocycles. The van der Waals surface area contributed by atoms with Crippen LogP contribution in [0, 0.1) is 5.82 Å². The Hall–Kier alpha value is -3.05. The van der Waals surface area contributed by atoms with Crippen molar-refractivity contribution in [2.24, 2.45) is 0 Å². The van der Waals surface area contributed by atoms with Gasteiger partial charge in [0.1, 0.15) is 5.82 Å². The van der Waals surface area contributed by atoms with Crippen molar-refractivity contribution < 1.29 is 9.18 Å². The summed E-state index contributed by atoms with van der Waals surface area (Å²) in [6, 6.07) is 23.0. The molecule has 0 radical (unpaired) electrons. The van der Waals surface area contributed by atoms with Crippen molar-refractivity contribution in [1.82, 2.24) is 4.98 Å². The van der Waals surface area contributed by atoms with E-state index in [1.54, 1.807) is 18.2 Å². The number of fused-ring (bicyclic) bond motifs is 1. The Morgan fingerprint density at radius 1 is 0.926 bits per heavy atom. The number of nitrogens with zero attached hydrogens (tertiary/aromatic N) is 1.